The van der Waals surface area contributed by atoms with Crippen molar-refractivity contribution in [3.63, 3.8) is 0 Å². The van der Waals surface area contributed by atoms with Crippen LogP contribution >= 0.6 is 0 Å². The Morgan fingerprint density at radius 2 is 1.71 bits per heavy atom. The summed E-state index contributed by atoms with van der Waals surface area (Å²) in [6, 6.07) is 17.4. The molecule has 1 amide bonds. The summed E-state index contributed by atoms with van der Waals surface area (Å²) in [6.45, 7) is 9.18. The summed E-state index contributed by atoms with van der Waals surface area (Å²) in [4.78, 5) is 16.7. The maximum atomic E-state index is 12.9. The van der Waals surface area contributed by atoms with Gasteiger partial charge in [-0.1, -0.05) is 43.3 Å². The van der Waals surface area contributed by atoms with Crippen LogP contribution in [0.1, 0.15) is 33.3 Å². The molecule has 2 rings (SSSR count). The summed E-state index contributed by atoms with van der Waals surface area (Å²) in [5.41, 5.74) is 3.15. The van der Waals surface area contributed by atoms with Crippen LogP contribution in [0.4, 0.5) is 10.5 Å². The number of anilines is 1. The van der Waals surface area contributed by atoms with E-state index in [0.717, 1.165) is 17.8 Å². The van der Waals surface area contributed by atoms with Gasteiger partial charge in [-0.25, -0.2) is 4.79 Å². The average molecular weight is 381 g/mol. The average Bonchev–Trinajstić information content (AvgIpc) is 2.62. The van der Waals surface area contributed by atoms with Crippen LogP contribution in [0.2, 0.25) is 0 Å². The van der Waals surface area contributed by atoms with Gasteiger partial charge in [0.25, 0.3) is 0 Å². The summed E-state index contributed by atoms with van der Waals surface area (Å²) in [5.74, 6) is 0.933. The maximum Gasteiger partial charge on any atom is 0.419 e. The molecule has 1 atom stereocenters. The molecule has 0 saturated heterocycles. The summed E-state index contributed by atoms with van der Waals surface area (Å²) < 4.78 is 5.74. The van der Waals surface area contributed by atoms with Crippen molar-refractivity contribution >= 4 is 17.4 Å². The normalized spacial score (nSPS) is 12.9. The molecule has 4 nitrogen and oxygen atoms in total. The van der Waals surface area contributed by atoms with Gasteiger partial charge in [-0.15, -0.1) is 0 Å². The van der Waals surface area contributed by atoms with Gasteiger partial charge in [-0.05, 0) is 76.2 Å². The molecular weight excluding hydrogens is 348 g/mol. The van der Waals surface area contributed by atoms with Gasteiger partial charge in [0.1, 0.15) is 5.75 Å². The largest absolute Gasteiger partial charge is 0.419 e. The first-order valence-corrected chi connectivity index (χ1v) is 9.81. The molecule has 0 heterocycles. The number of amides is 1. The highest BCUT2D eigenvalue weighted by molar-refractivity contribution is 5.89. The van der Waals surface area contributed by atoms with E-state index in [0.29, 0.717) is 11.7 Å². The first-order valence-electron chi connectivity index (χ1n) is 9.81. The summed E-state index contributed by atoms with van der Waals surface area (Å²) in [6.07, 6.45) is 1.76. The van der Waals surface area contributed by atoms with Crippen LogP contribution in [-0.2, 0) is 0 Å². The van der Waals surface area contributed by atoms with E-state index in [-0.39, 0.29) is 12.1 Å². The van der Waals surface area contributed by atoms with E-state index in [1.54, 1.807) is 4.90 Å². The Bertz CT molecular complexity index is 797. The first kappa shape index (κ1) is 21.7. The van der Waals surface area contributed by atoms with Crippen LogP contribution in [-0.4, -0.2) is 37.7 Å². The van der Waals surface area contributed by atoms with Crippen molar-refractivity contribution in [2.75, 3.05) is 25.5 Å². The van der Waals surface area contributed by atoms with Crippen LogP contribution in [0.3, 0.4) is 0 Å². The molecule has 0 bridgehead atoms. The number of para-hydroxylation sites is 1. The van der Waals surface area contributed by atoms with Crippen LogP contribution < -0.4 is 9.64 Å². The van der Waals surface area contributed by atoms with Crippen LogP contribution in [0.15, 0.2) is 60.7 Å². The molecule has 0 spiro atoms. The summed E-state index contributed by atoms with van der Waals surface area (Å²) in [5, 5.41) is 0. The van der Waals surface area contributed by atoms with Crippen molar-refractivity contribution in [1.82, 2.24) is 4.90 Å². The smallest absolute Gasteiger partial charge is 0.410 e. The Morgan fingerprint density at radius 3 is 2.29 bits per heavy atom. The zero-order valence-corrected chi connectivity index (χ0v) is 17.8. The van der Waals surface area contributed by atoms with Crippen molar-refractivity contribution in [1.29, 1.82) is 0 Å². The topological polar surface area (TPSA) is 32.8 Å². The van der Waals surface area contributed by atoms with Gasteiger partial charge in [0, 0.05) is 18.3 Å². The molecule has 150 valence electrons. The van der Waals surface area contributed by atoms with Gasteiger partial charge in [0.15, 0.2) is 0 Å². The second kappa shape index (κ2) is 10.1. The molecule has 0 saturated carbocycles. The Labute approximate surface area is 169 Å². The van der Waals surface area contributed by atoms with E-state index in [1.807, 2.05) is 62.4 Å². The quantitative estimate of drug-likeness (QED) is 0.617. The van der Waals surface area contributed by atoms with Gasteiger partial charge < -0.3 is 9.64 Å². The minimum absolute atomic E-state index is 0.00991. The lowest BCUT2D eigenvalue weighted by molar-refractivity contribution is 0.206. The van der Waals surface area contributed by atoms with E-state index < -0.39 is 0 Å². The molecule has 4 heteroatoms. The second-order valence-electron chi connectivity index (χ2n) is 7.60. The zero-order chi connectivity index (χ0) is 20.7. The molecule has 0 aromatic heterocycles. The fraction of sp³-hybridized carbons (Fsp3) is 0.375. The molecule has 0 aliphatic rings. The molecule has 0 aliphatic heterocycles. The van der Waals surface area contributed by atoms with Crippen LogP contribution in [0.25, 0.3) is 5.57 Å². The molecule has 0 unspecified atom stereocenters. The van der Waals surface area contributed by atoms with E-state index in [4.69, 9.17) is 4.74 Å². The summed E-state index contributed by atoms with van der Waals surface area (Å²) in [7, 11) is 4.15. The van der Waals surface area contributed by atoms with E-state index in [1.165, 1.54) is 5.57 Å². The predicted octanol–water partition coefficient (Wildman–Crippen LogP) is 5.70. The predicted molar refractivity (Wildman–Crippen MR) is 118 cm³/mol. The van der Waals surface area contributed by atoms with Crippen molar-refractivity contribution in [2.24, 2.45) is 5.92 Å². The zero-order valence-electron chi connectivity index (χ0n) is 17.8. The highest BCUT2D eigenvalue weighted by atomic mass is 16.6. The minimum Gasteiger partial charge on any atom is -0.410 e. The fourth-order valence-corrected chi connectivity index (χ4v) is 3.47. The molecule has 2 aromatic rings. The molecule has 0 N–H and O–H groups in total. The van der Waals surface area contributed by atoms with Crippen LogP contribution in [0, 0.1) is 5.92 Å². The third kappa shape index (κ3) is 5.70. The number of rotatable bonds is 7. The Balaban J connectivity index is 2.22. The number of nitrogens with zero attached hydrogens (tertiary/aromatic N) is 2. The molecule has 0 fully saturated rings. The monoisotopic (exact) mass is 380 g/mol. The lowest BCUT2D eigenvalue weighted by Gasteiger charge is -2.26. The second-order valence-corrected chi connectivity index (χ2v) is 7.60. The molecule has 0 aliphatic carbocycles. The number of ether oxygens (including phenoxy) is 1. The SMILES string of the molecule is C/C=C(/c1cccc(OC(=O)N(c2ccccc2)C(C)C)c1)[C@@H](C)CN(C)C. The molecule has 0 radical (unpaired) electrons. The van der Waals surface area contributed by atoms with Gasteiger partial charge in [-0.3, -0.25) is 4.90 Å². The van der Waals surface area contributed by atoms with Gasteiger partial charge in [0.2, 0.25) is 0 Å². The van der Waals surface area contributed by atoms with E-state index >= 15 is 0 Å². The fourth-order valence-electron chi connectivity index (χ4n) is 3.47. The number of carbonyl (C=O) groups is 1. The Morgan fingerprint density at radius 1 is 1.04 bits per heavy atom. The first-order chi connectivity index (χ1) is 13.3. The Hall–Kier alpha value is -2.59. The Kier molecular flexibility index (Phi) is 7.82. The highest BCUT2D eigenvalue weighted by Crippen LogP contribution is 2.27. The molecule has 28 heavy (non-hydrogen) atoms. The molecule has 2 aromatic carbocycles. The van der Waals surface area contributed by atoms with Gasteiger partial charge in [0.05, 0.1) is 0 Å². The van der Waals surface area contributed by atoms with Crippen molar-refractivity contribution < 1.29 is 9.53 Å². The number of hydrogen-bond donors (Lipinski definition) is 0. The van der Waals surface area contributed by atoms with E-state index in [9.17, 15) is 4.79 Å². The lowest BCUT2D eigenvalue weighted by atomic mass is 9.93. The maximum absolute atomic E-state index is 12.9. The lowest BCUT2D eigenvalue weighted by Crippen LogP contribution is -2.39. The third-order valence-electron chi connectivity index (χ3n) is 4.60. The van der Waals surface area contributed by atoms with Crippen molar-refractivity contribution in [2.45, 2.75) is 33.7 Å². The van der Waals surface area contributed by atoms with Crippen molar-refractivity contribution in [3.8, 4) is 5.75 Å². The highest BCUT2D eigenvalue weighted by Gasteiger charge is 2.21. The third-order valence-corrected chi connectivity index (χ3v) is 4.60. The van der Waals surface area contributed by atoms with Gasteiger partial charge >= 0.3 is 6.09 Å². The number of hydrogen-bond acceptors (Lipinski definition) is 3. The number of benzene rings is 2. The van der Waals surface area contributed by atoms with E-state index in [2.05, 4.69) is 45.0 Å². The van der Waals surface area contributed by atoms with Crippen molar-refractivity contribution in [3.05, 3.63) is 66.2 Å². The minimum atomic E-state index is -0.373. The number of carbonyl (C=O) groups excluding carboxylic acids is 1. The molecular formula is C24H32N2O2. The van der Waals surface area contributed by atoms with Crippen LogP contribution in [0.5, 0.6) is 5.75 Å². The van der Waals surface area contributed by atoms with Gasteiger partial charge in [-0.2, -0.15) is 0 Å². The summed E-state index contributed by atoms with van der Waals surface area (Å²) >= 11 is 0. The number of allylic oxidation sites excluding steroid dienone is 1. The standard InChI is InChI=1S/C24H32N2O2/c1-7-23(19(4)17-25(5)6)20-12-11-15-22(16-20)28-24(27)26(18(2)3)21-13-9-8-10-14-21/h7-16,18-19H,17H2,1-6H3/b23-7+/t19-/m0/s1.